The summed E-state index contributed by atoms with van der Waals surface area (Å²) in [5.41, 5.74) is -0.588. The molecule has 0 aromatic heterocycles. The second-order valence-corrected chi connectivity index (χ2v) is 6.52. The van der Waals surface area contributed by atoms with E-state index in [1.165, 1.54) is 0 Å². The highest BCUT2D eigenvalue weighted by Gasteiger charge is 2.47. The first-order valence-corrected chi connectivity index (χ1v) is 6.98. The van der Waals surface area contributed by atoms with E-state index in [9.17, 15) is 18.4 Å². The fraction of sp³-hybridized carbons (Fsp3) is 0.857. The van der Waals surface area contributed by atoms with Crippen molar-refractivity contribution in [2.75, 3.05) is 6.54 Å². The second-order valence-electron chi connectivity index (χ2n) is 6.52. The molecule has 0 aromatic carbocycles. The maximum atomic E-state index is 12.8. The maximum absolute atomic E-state index is 12.8. The minimum atomic E-state index is -2.65. The molecule has 1 heterocycles. The summed E-state index contributed by atoms with van der Waals surface area (Å²) in [5.74, 6) is -0.824. The van der Waals surface area contributed by atoms with E-state index in [4.69, 9.17) is 0 Å². The smallest absolute Gasteiger partial charge is 0.255 e. The number of carbonyl (C=O) groups excluding carboxylic acids is 2. The lowest BCUT2D eigenvalue weighted by atomic mass is 9.81. The van der Waals surface area contributed by atoms with Crippen LogP contribution in [0, 0.1) is 11.3 Å². The zero-order valence-electron chi connectivity index (χ0n) is 12.7. The van der Waals surface area contributed by atoms with Crippen molar-refractivity contribution in [1.82, 2.24) is 10.2 Å². The Morgan fingerprint density at radius 1 is 1.30 bits per heavy atom. The van der Waals surface area contributed by atoms with Gasteiger partial charge >= 0.3 is 0 Å². The largest absolute Gasteiger partial charge is 0.342 e. The van der Waals surface area contributed by atoms with E-state index in [2.05, 4.69) is 5.32 Å². The van der Waals surface area contributed by atoms with E-state index < -0.39 is 36.4 Å². The topological polar surface area (TPSA) is 49.4 Å². The highest BCUT2D eigenvalue weighted by atomic mass is 19.3. The number of amides is 2. The van der Waals surface area contributed by atoms with Crippen LogP contribution in [0.15, 0.2) is 0 Å². The predicted molar refractivity (Wildman–Crippen MR) is 72.3 cm³/mol. The third-order valence-corrected chi connectivity index (χ3v) is 3.77. The van der Waals surface area contributed by atoms with Crippen LogP contribution in [0.1, 0.15) is 41.0 Å². The molecule has 1 fully saturated rings. The fourth-order valence-corrected chi connectivity index (χ4v) is 2.57. The van der Waals surface area contributed by atoms with Crippen molar-refractivity contribution in [3.63, 3.8) is 0 Å². The zero-order chi connectivity index (χ0) is 15.7. The summed E-state index contributed by atoms with van der Waals surface area (Å²) in [7, 11) is 0. The summed E-state index contributed by atoms with van der Waals surface area (Å²) in [6, 6.07) is -1.56. The number of halogens is 2. The van der Waals surface area contributed by atoms with Gasteiger partial charge in [-0.2, -0.15) is 0 Å². The molecular weight excluding hydrogens is 266 g/mol. The van der Waals surface area contributed by atoms with Crippen LogP contribution in [0.5, 0.6) is 0 Å². The van der Waals surface area contributed by atoms with E-state index in [0.717, 1.165) is 4.90 Å². The molecule has 20 heavy (non-hydrogen) atoms. The molecule has 1 rings (SSSR count). The summed E-state index contributed by atoms with van der Waals surface area (Å²) < 4.78 is 25.5. The molecule has 0 aromatic rings. The van der Waals surface area contributed by atoms with Gasteiger partial charge < -0.3 is 10.2 Å². The van der Waals surface area contributed by atoms with Crippen LogP contribution in [0.3, 0.4) is 0 Å². The lowest BCUT2D eigenvalue weighted by Crippen LogP contribution is -2.68. The molecule has 4 nitrogen and oxygen atoms in total. The Morgan fingerprint density at radius 3 is 2.25 bits per heavy atom. The Kier molecular flexibility index (Phi) is 5.10. The molecule has 0 aliphatic carbocycles. The number of alkyl halides is 2. The molecule has 3 unspecified atom stereocenters. The van der Waals surface area contributed by atoms with Gasteiger partial charge in [0, 0.05) is 0 Å². The van der Waals surface area contributed by atoms with Crippen LogP contribution >= 0.6 is 0 Å². The average Bonchev–Trinajstić information content (AvgIpc) is 2.30. The Bertz CT molecular complexity index is 380. The number of hydrogen-bond acceptors (Lipinski definition) is 2. The van der Waals surface area contributed by atoms with Gasteiger partial charge in [0.2, 0.25) is 11.8 Å². The molecule has 2 amide bonds. The number of nitrogens with zero attached hydrogens (tertiary/aromatic N) is 1. The second kappa shape index (κ2) is 6.06. The minimum Gasteiger partial charge on any atom is -0.342 e. The van der Waals surface area contributed by atoms with E-state index in [0.29, 0.717) is 6.42 Å². The molecule has 116 valence electrons. The van der Waals surface area contributed by atoms with Crippen molar-refractivity contribution in [1.29, 1.82) is 0 Å². The summed E-state index contributed by atoms with van der Waals surface area (Å²) in [6.07, 6.45) is -1.95. The van der Waals surface area contributed by atoms with Crippen LogP contribution in [0.2, 0.25) is 0 Å². The Hall–Kier alpha value is -1.20. The lowest BCUT2D eigenvalue weighted by Gasteiger charge is -2.45. The van der Waals surface area contributed by atoms with Gasteiger partial charge in [-0.3, -0.25) is 9.59 Å². The molecule has 1 aliphatic heterocycles. The first kappa shape index (κ1) is 16.9. The first-order chi connectivity index (χ1) is 9.09. The number of hydrogen-bond donors (Lipinski definition) is 1. The Balaban J connectivity index is 3.11. The summed E-state index contributed by atoms with van der Waals surface area (Å²) in [4.78, 5) is 25.8. The summed E-state index contributed by atoms with van der Waals surface area (Å²) >= 11 is 0. The fourth-order valence-electron chi connectivity index (χ4n) is 2.57. The normalized spacial score (nSPS) is 25.9. The molecule has 0 saturated carbocycles. The standard InChI is InChI=1S/C14H24F2N2O2/c1-6-8(2)10-13(20)18(7-9(15)16)11(12(19)17-10)14(3,4)5/h8-11H,6-7H2,1-5H3,(H,17,19). The van der Waals surface area contributed by atoms with Gasteiger partial charge in [-0.25, -0.2) is 8.78 Å². The predicted octanol–water partition coefficient (Wildman–Crippen LogP) is 2.04. The summed E-state index contributed by atoms with van der Waals surface area (Å²) in [6.45, 7) is 8.35. The molecule has 1 saturated heterocycles. The number of rotatable bonds is 4. The van der Waals surface area contributed by atoms with E-state index in [1.54, 1.807) is 20.8 Å². The lowest BCUT2D eigenvalue weighted by molar-refractivity contribution is -0.157. The van der Waals surface area contributed by atoms with Gasteiger partial charge in [-0.05, 0) is 11.3 Å². The van der Waals surface area contributed by atoms with E-state index in [1.807, 2.05) is 13.8 Å². The van der Waals surface area contributed by atoms with Crippen molar-refractivity contribution in [2.45, 2.75) is 59.5 Å². The molecule has 6 heteroatoms. The quantitative estimate of drug-likeness (QED) is 0.861. The van der Waals surface area contributed by atoms with Gasteiger partial charge in [0.25, 0.3) is 6.43 Å². The monoisotopic (exact) mass is 290 g/mol. The van der Waals surface area contributed by atoms with Crippen LogP contribution in [0.25, 0.3) is 0 Å². The highest BCUT2D eigenvalue weighted by Crippen LogP contribution is 2.30. The van der Waals surface area contributed by atoms with Crippen LogP contribution in [0.4, 0.5) is 8.78 Å². The van der Waals surface area contributed by atoms with Crippen LogP contribution < -0.4 is 5.32 Å². The number of piperazine rings is 1. The number of nitrogens with one attached hydrogen (secondary N) is 1. The Morgan fingerprint density at radius 2 is 1.85 bits per heavy atom. The molecule has 1 aliphatic rings. The number of carbonyl (C=O) groups is 2. The van der Waals surface area contributed by atoms with Gasteiger partial charge in [0.15, 0.2) is 0 Å². The van der Waals surface area contributed by atoms with Gasteiger partial charge in [-0.1, -0.05) is 41.0 Å². The van der Waals surface area contributed by atoms with Gasteiger partial charge in [0.1, 0.15) is 12.1 Å². The average molecular weight is 290 g/mol. The van der Waals surface area contributed by atoms with Crippen molar-refractivity contribution in [2.24, 2.45) is 11.3 Å². The van der Waals surface area contributed by atoms with E-state index in [-0.39, 0.29) is 11.8 Å². The summed E-state index contributed by atoms with van der Waals surface area (Å²) in [5, 5.41) is 2.70. The maximum Gasteiger partial charge on any atom is 0.255 e. The van der Waals surface area contributed by atoms with Crippen molar-refractivity contribution in [3.8, 4) is 0 Å². The van der Waals surface area contributed by atoms with Crippen molar-refractivity contribution >= 4 is 11.8 Å². The molecule has 3 atom stereocenters. The molecule has 1 N–H and O–H groups in total. The highest BCUT2D eigenvalue weighted by molar-refractivity contribution is 5.97. The molecular formula is C14H24F2N2O2. The third-order valence-electron chi connectivity index (χ3n) is 3.77. The molecule has 0 spiro atoms. The van der Waals surface area contributed by atoms with E-state index >= 15 is 0 Å². The van der Waals surface area contributed by atoms with Gasteiger partial charge in [0.05, 0.1) is 6.54 Å². The first-order valence-electron chi connectivity index (χ1n) is 6.98. The van der Waals surface area contributed by atoms with Crippen LogP contribution in [-0.2, 0) is 9.59 Å². The SMILES string of the molecule is CCC(C)C1NC(=O)C(C(C)(C)C)N(CC(F)F)C1=O. The molecule has 0 bridgehead atoms. The van der Waals surface area contributed by atoms with Crippen molar-refractivity contribution in [3.05, 3.63) is 0 Å². The minimum absolute atomic E-state index is 0.0764. The third kappa shape index (κ3) is 3.46. The van der Waals surface area contributed by atoms with Crippen molar-refractivity contribution < 1.29 is 18.4 Å². The van der Waals surface area contributed by atoms with Gasteiger partial charge in [-0.15, -0.1) is 0 Å². The van der Waals surface area contributed by atoms with Crippen LogP contribution in [-0.4, -0.2) is 41.8 Å². The zero-order valence-corrected chi connectivity index (χ0v) is 12.7. The molecule has 0 radical (unpaired) electrons. The Labute approximate surface area is 118 Å².